The number of esters is 1. The molecule has 1 aromatic heterocycles. The number of alkyl halides is 1. The number of hydrogen-bond acceptors (Lipinski definition) is 18. The maximum Gasteiger partial charge on any atom is 0.311 e. The topological polar surface area (TPSA) is 220 Å². The lowest BCUT2D eigenvalue weighted by Gasteiger charge is -2.49. The highest BCUT2D eigenvalue weighted by molar-refractivity contribution is 7.99. The number of likely N-dealkylation sites (N-methyl/N-ethyl adjacent to an activating group) is 2. The van der Waals surface area contributed by atoms with E-state index in [0.29, 0.717) is 36.9 Å². The van der Waals surface area contributed by atoms with Crippen molar-refractivity contribution in [2.45, 2.75) is 228 Å². The monoisotopic (exact) mass is 1070 g/mol. The first-order valence-electron chi connectivity index (χ1n) is 26.7. The van der Waals surface area contributed by atoms with Crippen LogP contribution < -0.4 is 0 Å². The Kier molecular flexibility index (Phi) is 22.4. The van der Waals surface area contributed by atoms with Crippen LogP contribution in [0.25, 0.3) is 0 Å². The molecule has 5 rings (SSSR count). The maximum absolute atomic E-state index is 14.8. The first kappa shape index (κ1) is 62.4. The first-order valence-corrected chi connectivity index (χ1v) is 27.5. The molecule has 3 aliphatic rings. The second kappa shape index (κ2) is 26.5. The number of methoxy groups -OCH3 is 2. The fourth-order valence-corrected chi connectivity index (χ4v) is 12.4. The maximum atomic E-state index is 14.8. The summed E-state index contributed by atoms with van der Waals surface area (Å²) in [5.74, 6) is -2.86. The van der Waals surface area contributed by atoms with Gasteiger partial charge in [-0.25, -0.2) is 9.07 Å². The Morgan fingerprint density at radius 2 is 1.64 bits per heavy atom. The minimum atomic E-state index is -1.85. The van der Waals surface area contributed by atoms with E-state index in [4.69, 9.17) is 33.2 Å². The van der Waals surface area contributed by atoms with Crippen molar-refractivity contribution in [1.29, 1.82) is 0 Å². The number of halogens is 1. The molecule has 3 saturated heterocycles. The van der Waals surface area contributed by atoms with Gasteiger partial charge in [-0.2, -0.15) is 0 Å². The summed E-state index contributed by atoms with van der Waals surface area (Å²) in [6, 6.07) is 6.12. The van der Waals surface area contributed by atoms with Gasteiger partial charge in [0.1, 0.15) is 48.8 Å². The largest absolute Gasteiger partial charge is 0.459 e. The lowest BCUT2D eigenvalue weighted by Crippen LogP contribution is -2.61. The van der Waals surface area contributed by atoms with Crippen LogP contribution in [0.2, 0.25) is 0 Å². The number of aliphatic hydroxyl groups is 5. The Balaban J connectivity index is 1.43. The van der Waals surface area contributed by atoms with Crippen LogP contribution in [0.4, 0.5) is 4.39 Å². The molecule has 18 nitrogen and oxygen atoms in total. The number of nitrogens with zero attached hydrogens (tertiary/aromatic N) is 5. The zero-order valence-electron chi connectivity index (χ0n) is 47.0. The summed E-state index contributed by atoms with van der Waals surface area (Å²) in [5.41, 5.74) is -3.13. The van der Waals surface area contributed by atoms with Gasteiger partial charge >= 0.3 is 5.97 Å². The van der Waals surface area contributed by atoms with Crippen LogP contribution in [0.3, 0.4) is 0 Å². The van der Waals surface area contributed by atoms with E-state index in [0.717, 1.165) is 10.5 Å². The SMILES string of the molecule is CC[C@H]1OC(=O)[C@H](C)[C@@H](O[C@H]2C[C@@](C)(OC)[C@@H](O)[C@H](C)O2)[C@H](C)[C@@H](O[C@@H]2O[C@H](C)C[C@H](N(C)CCc3cn([C@H](CF)[C@H](OC)c4ccc(SC(C)C)cc4)nn3)[C@H]2O)[C@](C)(O)C[C@@H](C)CN(C)[C@H](C)[C@@H](O)[C@]1(C)O. The van der Waals surface area contributed by atoms with Gasteiger partial charge in [0.05, 0.1) is 47.2 Å². The molecule has 74 heavy (non-hydrogen) atoms. The standard InChI is InChI=1S/C54H92FN5O13S/c1-17-42-54(12,66)47(62)35(8)59(14)28-31(4)25-52(10,65)49(33(6)45(34(7)50(64)71-42)72-43-26-53(11,68-16)48(63)36(9)70-43)73-51-44(61)40(24-32(5)69-51)58(13)23-22-38-29-60(57-56-38)41(27-55)46(67-15)37-18-20-39(21-19-37)74-30(2)3/h18-21,29-36,40-49,51,61-63,65-66H,17,22-28H2,1-16H3/t31-,32-,33+,34-,35-,36+,40+,41-,42-,43+,44-,45+,46-,47-,48+,49-,51+,52-,53-,54-/m1/s1. The Labute approximate surface area is 444 Å². The quantitative estimate of drug-likeness (QED) is 0.0975. The van der Waals surface area contributed by atoms with E-state index in [-0.39, 0.29) is 25.2 Å². The second-order valence-corrected chi connectivity index (χ2v) is 24.4. The predicted molar refractivity (Wildman–Crippen MR) is 279 cm³/mol. The number of carbonyl (C=O) groups excluding carboxylic acids is 1. The van der Waals surface area contributed by atoms with Crippen molar-refractivity contribution in [2.24, 2.45) is 17.8 Å². The highest BCUT2D eigenvalue weighted by atomic mass is 32.2. The summed E-state index contributed by atoms with van der Waals surface area (Å²) in [7, 11) is 6.78. The van der Waals surface area contributed by atoms with Crippen molar-refractivity contribution in [3.63, 3.8) is 0 Å². The molecule has 0 saturated carbocycles. The van der Waals surface area contributed by atoms with Crippen molar-refractivity contribution in [2.75, 3.05) is 48.1 Å². The van der Waals surface area contributed by atoms with E-state index in [1.807, 2.05) is 62.0 Å². The van der Waals surface area contributed by atoms with Crippen LogP contribution in [0.5, 0.6) is 0 Å². The Hall–Kier alpha value is -2.41. The molecule has 20 heteroatoms. The van der Waals surface area contributed by atoms with E-state index in [1.165, 1.54) is 18.7 Å². The molecule has 0 aliphatic carbocycles. The average molecular weight is 1070 g/mol. The molecule has 424 valence electrons. The molecule has 3 fully saturated rings. The molecule has 0 unspecified atom stereocenters. The Morgan fingerprint density at radius 3 is 2.23 bits per heavy atom. The number of carbonyl (C=O) groups is 1. The zero-order valence-corrected chi connectivity index (χ0v) is 47.8. The molecule has 3 aliphatic heterocycles. The molecule has 2 aromatic rings. The van der Waals surface area contributed by atoms with Crippen molar-refractivity contribution in [3.05, 3.63) is 41.7 Å². The van der Waals surface area contributed by atoms with Gasteiger partial charge in [0.15, 0.2) is 12.6 Å². The lowest BCUT2D eigenvalue weighted by molar-refractivity contribution is -0.318. The van der Waals surface area contributed by atoms with Gasteiger partial charge in [-0.1, -0.05) is 52.0 Å². The number of aliphatic hydroxyl groups excluding tert-OH is 3. The van der Waals surface area contributed by atoms with E-state index in [9.17, 15) is 34.7 Å². The highest BCUT2D eigenvalue weighted by Gasteiger charge is 2.53. The number of aromatic nitrogens is 3. The number of hydrogen-bond donors (Lipinski definition) is 5. The van der Waals surface area contributed by atoms with Crippen LogP contribution in [0.1, 0.15) is 132 Å². The van der Waals surface area contributed by atoms with Crippen LogP contribution in [0, 0.1) is 17.8 Å². The van der Waals surface area contributed by atoms with Crippen molar-refractivity contribution in [3.8, 4) is 0 Å². The molecule has 0 radical (unpaired) electrons. The van der Waals surface area contributed by atoms with Gasteiger partial charge in [0.25, 0.3) is 0 Å². The van der Waals surface area contributed by atoms with Crippen LogP contribution in [0.15, 0.2) is 35.4 Å². The average Bonchev–Trinajstić information content (AvgIpc) is 3.82. The fraction of sp³-hybridized carbons (Fsp3) is 0.833. The summed E-state index contributed by atoms with van der Waals surface area (Å²) in [6.45, 7) is 21.8. The smallest absolute Gasteiger partial charge is 0.311 e. The van der Waals surface area contributed by atoms with Gasteiger partial charge in [-0.05, 0) is 105 Å². The third-order valence-electron chi connectivity index (χ3n) is 16.1. The third-order valence-corrected chi connectivity index (χ3v) is 17.1. The van der Waals surface area contributed by atoms with Crippen molar-refractivity contribution >= 4 is 17.7 Å². The molecular weight excluding hydrogens is 978 g/mol. The van der Waals surface area contributed by atoms with Gasteiger partial charge in [-0.15, -0.1) is 16.9 Å². The predicted octanol–water partition coefficient (Wildman–Crippen LogP) is 5.50. The summed E-state index contributed by atoms with van der Waals surface area (Å²) >= 11 is 1.75. The number of ether oxygens (including phenoxy) is 7. The molecule has 4 heterocycles. The number of cyclic esters (lactones) is 1. The van der Waals surface area contributed by atoms with Crippen LogP contribution in [-0.2, 0) is 44.4 Å². The summed E-state index contributed by atoms with van der Waals surface area (Å²) in [5, 5.41) is 69.0. The summed E-state index contributed by atoms with van der Waals surface area (Å²) < 4.78 is 60.5. The fourth-order valence-electron chi connectivity index (χ4n) is 11.5. The van der Waals surface area contributed by atoms with E-state index < -0.39 is 127 Å². The van der Waals surface area contributed by atoms with Gasteiger partial charge in [0.2, 0.25) is 0 Å². The second-order valence-electron chi connectivity index (χ2n) is 22.7. The molecule has 0 spiro atoms. The van der Waals surface area contributed by atoms with E-state index in [2.05, 4.69) is 24.2 Å². The number of rotatable bonds is 17. The zero-order chi connectivity index (χ0) is 55.2. The van der Waals surface area contributed by atoms with Gasteiger partial charge < -0.3 is 68.5 Å². The lowest BCUT2D eigenvalue weighted by atomic mass is 9.77. The molecule has 1 aromatic carbocycles. The van der Waals surface area contributed by atoms with E-state index >= 15 is 0 Å². The van der Waals surface area contributed by atoms with Crippen molar-refractivity contribution < 1.29 is 67.9 Å². The molecular formula is C54H92FN5O13S. The van der Waals surface area contributed by atoms with Gasteiger partial charge in [0, 0.05) is 74.5 Å². The molecule has 0 amide bonds. The first-order chi connectivity index (χ1) is 34.6. The Morgan fingerprint density at radius 1 is 0.973 bits per heavy atom. The number of benzene rings is 1. The molecule has 20 atom stereocenters. The summed E-state index contributed by atoms with van der Waals surface area (Å²) in [6.07, 6.45) is -7.83. The van der Waals surface area contributed by atoms with Gasteiger partial charge in [-0.3, -0.25) is 4.79 Å². The highest BCUT2D eigenvalue weighted by Crippen LogP contribution is 2.41. The molecule has 0 bridgehead atoms. The molecule has 5 N–H and O–H groups in total. The minimum absolute atomic E-state index is 0.0878. The minimum Gasteiger partial charge on any atom is -0.459 e. The third kappa shape index (κ3) is 14.8. The van der Waals surface area contributed by atoms with E-state index in [1.54, 1.807) is 73.5 Å². The normalized spacial score (nSPS) is 39.4. The van der Waals surface area contributed by atoms with Crippen LogP contribution >= 0.6 is 11.8 Å². The number of thioether (sulfide) groups is 1. The van der Waals surface area contributed by atoms with Crippen LogP contribution in [-0.4, -0.2) is 200 Å². The summed E-state index contributed by atoms with van der Waals surface area (Å²) in [4.78, 5) is 19.6. The van der Waals surface area contributed by atoms with Crippen molar-refractivity contribution in [1.82, 2.24) is 24.8 Å². The Bertz CT molecular complexity index is 2040.